The summed E-state index contributed by atoms with van der Waals surface area (Å²) in [7, 11) is 0. The van der Waals surface area contributed by atoms with Crippen molar-refractivity contribution in [2.45, 2.75) is 63.4 Å². The highest BCUT2D eigenvalue weighted by Gasteiger charge is 2.71. The van der Waals surface area contributed by atoms with Gasteiger partial charge in [-0.1, -0.05) is 66.8 Å². The van der Waals surface area contributed by atoms with Crippen LogP contribution in [0.4, 0.5) is 5.69 Å². The minimum atomic E-state index is -1.42. The molecular formula is C36H41N3O7. The van der Waals surface area contributed by atoms with Crippen LogP contribution in [0.3, 0.4) is 0 Å². The Morgan fingerprint density at radius 3 is 2.59 bits per heavy atom. The van der Waals surface area contributed by atoms with Crippen LogP contribution < -0.4 is 10.2 Å². The standard InChI is InChI=1S/C36H41N3O7/c1-23-15-16-24(2)26(21-23)38-19-10-17-36-31(33(42)39(18-8-9-20-40)32(36)34(38)43)30-27(46-36)13-6-7-14-29(41)37-22-28(45-35(30)44)25-11-4-3-5-12-25/h3-6,10-13,15-17,21,27-28,30-32,40H,7-9,14,18-20,22H2,1-2H3,(H,37,41)/b13-6-/t27-,28+,30+,31+,32-,36+/m1/s1. The maximum Gasteiger partial charge on any atom is 0.313 e. The third-order valence-corrected chi connectivity index (χ3v) is 9.51. The molecule has 2 aromatic carbocycles. The van der Waals surface area contributed by atoms with Gasteiger partial charge in [-0.15, -0.1) is 0 Å². The van der Waals surface area contributed by atoms with Crippen LogP contribution in [0.2, 0.25) is 0 Å². The van der Waals surface area contributed by atoms with Crippen molar-refractivity contribution < 1.29 is 33.8 Å². The molecule has 46 heavy (non-hydrogen) atoms. The minimum Gasteiger partial charge on any atom is -0.455 e. The largest absolute Gasteiger partial charge is 0.455 e. The van der Waals surface area contributed by atoms with Crippen LogP contribution in [0, 0.1) is 25.7 Å². The number of benzene rings is 2. The number of anilines is 1. The third-order valence-electron chi connectivity index (χ3n) is 9.51. The number of aryl methyl sites for hydroxylation is 2. The number of rotatable bonds is 6. The van der Waals surface area contributed by atoms with Gasteiger partial charge in [0.2, 0.25) is 11.8 Å². The molecule has 4 aliphatic rings. The van der Waals surface area contributed by atoms with Gasteiger partial charge in [-0.3, -0.25) is 19.2 Å². The molecule has 0 unspecified atom stereocenters. The fourth-order valence-corrected chi connectivity index (χ4v) is 7.27. The Kier molecular flexibility index (Phi) is 9.11. The highest BCUT2D eigenvalue weighted by atomic mass is 16.6. The molecule has 10 nitrogen and oxygen atoms in total. The van der Waals surface area contributed by atoms with Crippen molar-refractivity contribution in [3.05, 3.63) is 89.5 Å². The molecule has 10 heteroatoms. The fraction of sp³-hybridized carbons (Fsp3) is 0.444. The molecule has 2 aromatic rings. The number of carbonyl (C=O) groups is 4. The van der Waals surface area contributed by atoms with Crippen LogP contribution in [0.5, 0.6) is 0 Å². The first kappa shape index (κ1) is 31.7. The summed E-state index contributed by atoms with van der Waals surface area (Å²) in [5.41, 5.74) is 1.97. The van der Waals surface area contributed by atoms with Gasteiger partial charge in [0.1, 0.15) is 23.7 Å². The highest BCUT2D eigenvalue weighted by molar-refractivity contribution is 6.06. The zero-order valence-electron chi connectivity index (χ0n) is 26.3. The Morgan fingerprint density at radius 1 is 1.00 bits per heavy atom. The maximum absolute atomic E-state index is 14.7. The molecule has 3 amide bonds. The van der Waals surface area contributed by atoms with Crippen molar-refractivity contribution in [1.29, 1.82) is 0 Å². The molecule has 4 heterocycles. The molecule has 0 aliphatic carbocycles. The van der Waals surface area contributed by atoms with E-state index in [4.69, 9.17) is 9.47 Å². The lowest BCUT2D eigenvalue weighted by atomic mass is 9.77. The van der Waals surface area contributed by atoms with E-state index >= 15 is 0 Å². The lowest BCUT2D eigenvalue weighted by Gasteiger charge is -2.35. The second kappa shape index (κ2) is 13.2. The van der Waals surface area contributed by atoms with E-state index < -0.39 is 41.7 Å². The number of hydrogen-bond donors (Lipinski definition) is 2. The van der Waals surface area contributed by atoms with Crippen LogP contribution in [-0.2, 0) is 28.7 Å². The number of carbonyl (C=O) groups excluding carboxylic acids is 4. The molecule has 0 radical (unpaired) electrons. The van der Waals surface area contributed by atoms with E-state index in [9.17, 15) is 24.3 Å². The summed E-state index contributed by atoms with van der Waals surface area (Å²) >= 11 is 0. The van der Waals surface area contributed by atoms with Gasteiger partial charge in [-0.25, -0.2) is 0 Å². The van der Waals surface area contributed by atoms with Gasteiger partial charge in [-0.2, -0.15) is 0 Å². The Hall–Kier alpha value is -4.28. The summed E-state index contributed by atoms with van der Waals surface area (Å²) in [6, 6.07) is 14.1. The topological polar surface area (TPSA) is 125 Å². The summed E-state index contributed by atoms with van der Waals surface area (Å²) in [4.78, 5) is 59.3. The van der Waals surface area contributed by atoms with Crippen LogP contribution in [0.1, 0.15) is 48.5 Å². The third kappa shape index (κ3) is 5.76. The van der Waals surface area contributed by atoms with E-state index in [1.54, 1.807) is 28.0 Å². The van der Waals surface area contributed by atoms with Crippen molar-refractivity contribution in [3.8, 4) is 0 Å². The molecule has 0 saturated carbocycles. The first-order valence-corrected chi connectivity index (χ1v) is 16.1. The zero-order chi connectivity index (χ0) is 32.4. The molecular weight excluding hydrogens is 586 g/mol. The second-order valence-corrected chi connectivity index (χ2v) is 12.6. The van der Waals surface area contributed by atoms with Crippen molar-refractivity contribution in [1.82, 2.24) is 10.2 Å². The quantitative estimate of drug-likeness (QED) is 0.286. The van der Waals surface area contributed by atoms with E-state index in [0.717, 1.165) is 16.8 Å². The Morgan fingerprint density at radius 2 is 1.80 bits per heavy atom. The number of esters is 1. The lowest BCUT2D eigenvalue weighted by molar-refractivity contribution is -0.159. The van der Waals surface area contributed by atoms with Crippen LogP contribution in [-0.4, -0.2) is 77.7 Å². The number of hydrogen-bond acceptors (Lipinski definition) is 7. The zero-order valence-corrected chi connectivity index (χ0v) is 26.3. The van der Waals surface area contributed by atoms with Gasteiger partial charge in [0, 0.05) is 31.8 Å². The number of aliphatic hydroxyl groups excluding tert-OH is 1. The molecule has 2 saturated heterocycles. The van der Waals surface area contributed by atoms with Gasteiger partial charge in [0.05, 0.1) is 18.6 Å². The summed E-state index contributed by atoms with van der Waals surface area (Å²) in [5.74, 6) is -3.47. The van der Waals surface area contributed by atoms with E-state index in [-0.39, 0.29) is 50.4 Å². The number of nitrogens with one attached hydrogen (secondary N) is 1. The van der Waals surface area contributed by atoms with Crippen LogP contribution >= 0.6 is 0 Å². The van der Waals surface area contributed by atoms with Crippen molar-refractivity contribution in [2.24, 2.45) is 11.8 Å². The lowest BCUT2D eigenvalue weighted by Crippen LogP contribution is -2.55. The average Bonchev–Trinajstić information content (AvgIpc) is 3.43. The van der Waals surface area contributed by atoms with E-state index in [2.05, 4.69) is 5.32 Å². The first-order valence-electron chi connectivity index (χ1n) is 16.1. The van der Waals surface area contributed by atoms with Crippen molar-refractivity contribution in [2.75, 3.05) is 31.1 Å². The minimum absolute atomic E-state index is 0.0422. The van der Waals surface area contributed by atoms with Gasteiger partial charge >= 0.3 is 5.97 Å². The maximum atomic E-state index is 14.7. The highest BCUT2D eigenvalue weighted by Crippen LogP contribution is 2.53. The van der Waals surface area contributed by atoms with Gasteiger partial charge < -0.3 is 29.7 Å². The van der Waals surface area contributed by atoms with Crippen LogP contribution in [0.15, 0.2) is 72.8 Å². The number of nitrogens with zero attached hydrogens (tertiary/aromatic N) is 2. The molecule has 242 valence electrons. The summed E-state index contributed by atoms with van der Waals surface area (Å²) in [6.07, 6.45) is 7.15. The van der Waals surface area contributed by atoms with Crippen molar-refractivity contribution in [3.63, 3.8) is 0 Å². The molecule has 1 spiro atoms. The predicted octanol–water partition coefficient (Wildman–Crippen LogP) is 3.31. The van der Waals surface area contributed by atoms with Gasteiger partial charge in [-0.05, 0) is 55.9 Å². The van der Waals surface area contributed by atoms with E-state index in [1.165, 1.54) is 0 Å². The summed E-state index contributed by atoms with van der Waals surface area (Å²) in [6.45, 7) is 4.46. The number of likely N-dealkylation sites (tertiary alicyclic amines) is 1. The Bertz CT molecular complexity index is 1560. The number of aliphatic hydroxyl groups is 1. The van der Waals surface area contributed by atoms with Crippen LogP contribution in [0.25, 0.3) is 0 Å². The first-order chi connectivity index (χ1) is 22.2. The SMILES string of the molecule is Cc1ccc(C)c(N2CC=C[C@]34O[C@@H]5/C=C\CCC(=O)NC[C@@H](c6ccccc6)OC(=O)[C@@H]5[C@H]3C(=O)N(CCCCO)[C@@H]4C2=O)c1. The number of fused-ring (bicyclic) bond motifs is 2. The Balaban J connectivity index is 1.43. The fourth-order valence-electron chi connectivity index (χ4n) is 7.27. The summed E-state index contributed by atoms with van der Waals surface area (Å²) in [5, 5.41) is 12.4. The normalized spacial score (nSPS) is 30.4. The van der Waals surface area contributed by atoms with Gasteiger partial charge in [0.15, 0.2) is 0 Å². The van der Waals surface area contributed by atoms with E-state index in [0.29, 0.717) is 24.8 Å². The number of unbranched alkanes of at least 4 members (excludes halogenated alkanes) is 1. The molecule has 6 atom stereocenters. The Labute approximate surface area is 269 Å². The molecule has 6 rings (SSSR count). The van der Waals surface area contributed by atoms with E-state index in [1.807, 2.05) is 68.5 Å². The molecule has 0 aromatic heterocycles. The number of amides is 3. The molecule has 2 fully saturated rings. The summed E-state index contributed by atoms with van der Waals surface area (Å²) < 4.78 is 12.9. The molecule has 0 bridgehead atoms. The second-order valence-electron chi connectivity index (χ2n) is 12.6. The number of allylic oxidation sites excluding steroid dienone is 1. The molecule has 4 aliphatic heterocycles. The number of ether oxygens (including phenoxy) is 2. The molecule has 2 N–H and O–H groups in total. The van der Waals surface area contributed by atoms with Gasteiger partial charge in [0.25, 0.3) is 5.91 Å². The number of cyclic esters (lactones) is 1. The van der Waals surface area contributed by atoms with Crippen molar-refractivity contribution >= 4 is 29.4 Å². The average molecular weight is 628 g/mol. The predicted molar refractivity (Wildman–Crippen MR) is 170 cm³/mol. The monoisotopic (exact) mass is 627 g/mol. The smallest absolute Gasteiger partial charge is 0.313 e.